The minimum absolute atomic E-state index is 0.00420. The van der Waals surface area contributed by atoms with Crippen LogP contribution in [-0.4, -0.2) is 23.2 Å². The molecule has 3 aromatic rings. The largest absolute Gasteiger partial charge is 0.366 e. The number of ketones is 1. The van der Waals surface area contributed by atoms with Crippen LogP contribution in [-0.2, 0) is 13.0 Å². The van der Waals surface area contributed by atoms with Crippen LogP contribution in [0.2, 0.25) is 0 Å². The van der Waals surface area contributed by atoms with Crippen LogP contribution in [0.15, 0.2) is 66.9 Å². The number of pyridine rings is 1. The van der Waals surface area contributed by atoms with Crippen LogP contribution in [0, 0.1) is 0 Å². The summed E-state index contributed by atoms with van der Waals surface area (Å²) in [6.07, 6.45) is 2.76. The number of aromatic nitrogens is 1. The summed E-state index contributed by atoms with van der Waals surface area (Å²) in [7, 11) is 0. The molecule has 0 saturated heterocycles. The predicted molar refractivity (Wildman–Crippen MR) is 110 cm³/mol. The number of benzene rings is 2. The van der Waals surface area contributed by atoms with E-state index >= 15 is 0 Å². The first-order valence-corrected chi connectivity index (χ1v) is 9.30. The summed E-state index contributed by atoms with van der Waals surface area (Å²) >= 11 is 0. The number of hydrogen-bond donors (Lipinski definition) is 1. The van der Waals surface area contributed by atoms with Crippen molar-refractivity contribution in [3.63, 3.8) is 0 Å². The molecule has 0 bridgehead atoms. The Balaban J connectivity index is 1.43. The fraction of sp³-hybridized carbons (Fsp3) is 0.174. The lowest BCUT2D eigenvalue weighted by Gasteiger charge is -2.30. The molecule has 4 rings (SSSR count). The highest BCUT2D eigenvalue weighted by atomic mass is 16.2. The van der Waals surface area contributed by atoms with E-state index < -0.39 is 0 Å². The third kappa shape index (κ3) is 3.78. The highest BCUT2D eigenvalue weighted by molar-refractivity contribution is 6.03. The normalized spacial score (nSPS) is 13.0. The average Bonchev–Trinajstić information content (AvgIpc) is 2.74. The molecule has 0 radical (unpaired) electrons. The number of anilines is 2. The molecule has 2 heterocycles. The molecule has 1 aliphatic rings. The number of Topliss-reactive ketones (excluding diaryl/α,β-unsaturated/α-hetero) is 1. The molecular formula is C23H21N3O2. The van der Waals surface area contributed by atoms with Crippen LogP contribution < -0.4 is 10.2 Å². The summed E-state index contributed by atoms with van der Waals surface area (Å²) in [5.41, 5.74) is 5.36. The molecule has 0 spiro atoms. The van der Waals surface area contributed by atoms with Gasteiger partial charge in [-0.2, -0.15) is 0 Å². The molecule has 1 aliphatic heterocycles. The number of hydrogen-bond acceptors (Lipinski definition) is 4. The van der Waals surface area contributed by atoms with Gasteiger partial charge >= 0.3 is 0 Å². The van der Waals surface area contributed by atoms with Crippen LogP contribution in [0.25, 0.3) is 0 Å². The van der Waals surface area contributed by atoms with Crippen molar-refractivity contribution in [2.75, 3.05) is 16.8 Å². The lowest BCUT2D eigenvalue weighted by Crippen LogP contribution is -2.30. The Kier molecular flexibility index (Phi) is 4.89. The molecule has 0 aliphatic carbocycles. The lowest BCUT2D eigenvalue weighted by molar-refractivity contribution is 0.101. The van der Waals surface area contributed by atoms with E-state index in [1.165, 1.54) is 18.1 Å². The number of carbonyl (C=O) groups excluding carboxylic acids is 2. The van der Waals surface area contributed by atoms with Crippen LogP contribution in [0.5, 0.6) is 0 Å². The van der Waals surface area contributed by atoms with Crippen LogP contribution in [0.4, 0.5) is 11.4 Å². The van der Waals surface area contributed by atoms with Gasteiger partial charge in [0.25, 0.3) is 5.91 Å². The van der Waals surface area contributed by atoms with E-state index in [-0.39, 0.29) is 11.7 Å². The second kappa shape index (κ2) is 7.64. The Hall–Kier alpha value is -3.47. The summed E-state index contributed by atoms with van der Waals surface area (Å²) in [6.45, 7) is 3.30. The Morgan fingerprint density at radius 1 is 0.964 bits per heavy atom. The van der Waals surface area contributed by atoms with Gasteiger partial charge in [0.2, 0.25) is 0 Å². The van der Waals surface area contributed by atoms with Crippen molar-refractivity contribution in [2.45, 2.75) is 19.9 Å². The van der Waals surface area contributed by atoms with E-state index in [9.17, 15) is 9.59 Å². The van der Waals surface area contributed by atoms with Gasteiger partial charge in [0.1, 0.15) is 5.69 Å². The second-order valence-corrected chi connectivity index (χ2v) is 6.93. The summed E-state index contributed by atoms with van der Waals surface area (Å²) < 4.78 is 0. The monoisotopic (exact) mass is 371 g/mol. The van der Waals surface area contributed by atoms with Crippen molar-refractivity contribution in [3.8, 4) is 0 Å². The van der Waals surface area contributed by atoms with Gasteiger partial charge in [-0.15, -0.1) is 0 Å². The predicted octanol–water partition coefficient (Wildman–Crippen LogP) is 4.10. The fourth-order valence-electron chi connectivity index (χ4n) is 3.41. The van der Waals surface area contributed by atoms with E-state index in [4.69, 9.17) is 0 Å². The molecule has 0 unspecified atom stereocenters. The highest BCUT2D eigenvalue weighted by Crippen LogP contribution is 2.24. The van der Waals surface area contributed by atoms with E-state index in [1.54, 1.807) is 36.5 Å². The minimum Gasteiger partial charge on any atom is -0.366 e. The van der Waals surface area contributed by atoms with Gasteiger partial charge in [0, 0.05) is 24.3 Å². The lowest BCUT2D eigenvalue weighted by atomic mass is 10.00. The smallest absolute Gasteiger partial charge is 0.274 e. The Morgan fingerprint density at radius 3 is 2.39 bits per heavy atom. The first-order chi connectivity index (χ1) is 13.6. The maximum absolute atomic E-state index is 12.4. The molecule has 140 valence electrons. The summed E-state index contributed by atoms with van der Waals surface area (Å²) in [5, 5.41) is 2.81. The number of carbonyl (C=O) groups is 2. The van der Waals surface area contributed by atoms with E-state index in [2.05, 4.69) is 39.5 Å². The van der Waals surface area contributed by atoms with E-state index in [0.29, 0.717) is 16.9 Å². The molecule has 0 fully saturated rings. The standard InChI is InChI=1S/C23H21N3O2/c1-16(27)17-6-8-20(9-7-17)25-23(28)22-11-10-21(14-24-22)26-13-12-18-4-2-3-5-19(18)15-26/h2-11,14H,12-13,15H2,1H3,(H,25,28). The first-order valence-electron chi connectivity index (χ1n) is 9.30. The van der Waals surface area contributed by atoms with Crippen molar-refractivity contribution in [1.29, 1.82) is 0 Å². The SMILES string of the molecule is CC(=O)c1ccc(NC(=O)c2ccc(N3CCc4ccccc4C3)cn2)cc1. The molecule has 1 amide bonds. The second-order valence-electron chi connectivity index (χ2n) is 6.93. The number of fused-ring (bicyclic) bond motifs is 1. The zero-order valence-electron chi connectivity index (χ0n) is 15.7. The van der Waals surface area contributed by atoms with Crippen molar-refractivity contribution in [1.82, 2.24) is 4.98 Å². The van der Waals surface area contributed by atoms with Crippen molar-refractivity contribution in [3.05, 3.63) is 89.2 Å². The maximum atomic E-state index is 12.4. The van der Waals surface area contributed by atoms with Gasteiger partial charge in [-0.25, -0.2) is 4.98 Å². The summed E-state index contributed by atoms with van der Waals surface area (Å²) in [6, 6.07) is 19.0. The van der Waals surface area contributed by atoms with E-state index in [0.717, 1.165) is 25.2 Å². The average molecular weight is 371 g/mol. The number of nitrogens with one attached hydrogen (secondary N) is 1. The zero-order valence-corrected chi connectivity index (χ0v) is 15.7. The van der Waals surface area contributed by atoms with Gasteiger partial charge in [-0.1, -0.05) is 24.3 Å². The third-order valence-corrected chi connectivity index (χ3v) is 5.03. The van der Waals surface area contributed by atoms with E-state index in [1.807, 2.05) is 6.07 Å². The zero-order chi connectivity index (χ0) is 19.5. The molecule has 1 N–H and O–H groups in total. The molecule has 0 atom stereocenters. The molecule has 2 aromatic carbocycles. The van der Waals surface area contributed by atoms with Gasteiger partial charge in [0.05, 0.1) is 11.9 Å². The molecular weight excluding hydrogens is 350 g/mol. The van der Waals surface area contributed by atoms with Crippen LogP contribution >= 0.6 is 0 Å². The van der Waals surface area contributed by atoms with Gasteiger partial charge < -0.3 is 10.2 Å². The fourth-order valence-corrected chi connectivity index (χ4v) is 3.41. The Labute approximate surface area is 164 Å². The summed E-state index contributed by atoms with van der Waals surface area (Å²) in [5.74, 6) is -0.276. The maximum Gasteiger partial charge on any atom is 0.274 e. The van der Waals surface area contributed by atoms with Crippen LogP contribution in [0.1, 0.15) is 38.9 Å². The highest BCUT2D eigenvalue weighted by Gasteiger charge is 2.17. The Bertz CT molecular complexity index is 1010. The molecule has 5 heteroatoms. The van der Waals surface area contributed by atoms with Gasteiger partial charge in [-0.3, -0.25) is 9.59 Å². The van der Waals surface area contributed by atoms with Crippen LogP contribution in [0.3, 0.4) is 0 Å². The molecule has 28 heavy (non-hydrogen) atoms. The van der Waals surface area contributed by atoms with Crippen molar-refractivity contribution < 1.29 is 9.59 Å². The third-order valence-electron chi connectivity index (χ3n) is 5.03. The minimum atomic E-state index is -0.272. The molecule has 5 nitrogen and oxygen atoms in total. The topological polar surface area (TPSA) is 62.3 Å². The molecule has 1 aromatic heterocycles. The van der Waals surface area contributed by atoms with Gasteiger partial charge in [0.15, 0.2) is 5.78 Å². The number of amides is 1. The number of rotatable bonds is 4. The summed E-state index contributed by atoms with van der Waals surface area (Å²) in [4.78, 5) is 30.4. The first kappa shape index (κ1) is 17.9. The Morgan fingerprint density at radius 2 is 1.71 bits per heavy atom. The number of nitrogens with zero attached hydrogens (tertiary/aromatic N) is 2. The van der Waals surface area contributed by atoms with Crippen molar-refractivity contribution in [2.24, 2.45) is 0 Å². The molecule has 0 saturated carbocycles. The quantitative estimate of drug-likeness (QED) is 0.702. The van der Waals surface area contributed by atoms with Crippen molar-refractivity contribution >= 4 is 23.1 Å². The van der Waals surface area contributed by atoms with Gasteiger partial charge in [-0.05, 0) is 60.9 Å².